The maximum Gasteiger partial charge on any atom is 0.412 e. The maximum atomic E-state index is 15.3. The fourth-order valence-corrected chi connectivity index (χ4v) is 6.67. The molecule has 2 N–H and O–H groups in total. The van der Waals surface area contributed by atoms with Gasteiger partial charge in [-0.3, -0.25) is 24.3 Å². The first-order valence-electron chi connectivity index (χ1n) is 21.6. The first kappa shape index (κ1) is 48.6. The fourth-order valence-electron chi connectivity index (χ4n) is 6.67. The lowest BCUT2D eigenvalue weighted by Gasteiger charge is -2.24. The lowest BCUT2D eigenvalue weighted by atomic mass is 10.1. The molecule has 1 fully saturated rings. The van der Waals surface area contributed by atoms with E-state index in [9.17, 15) is 24.0 Å². The van der Waals surface area contributed by atoms with Crippen molar-refractivity contribution in [2.24, 2.45) is 0 Å². The molecular formula is C42H71FN4O9. The lowest BCUT2D eigenvalue weighted by Crippen LogP contribution is -2.41. The van der Waals surface area contributed by atoms with Gasteiger partial charge in [0.25, 0.3) is 0 Å². The molecule has 0 unspecified atom stereocenters. The van der Waals surface area contributed by atoms with Crippen LogP contribution in [0.15, 0.2) is 11.0 Å². The Labute approximate surface area is 333 Å². The molecule has 0 aliphatic carbocycles. The van der Waals surface area contributed by atoms with E-state index in [1.807, 2.05) is 6.92 Å². The van der Waals surface area contributed by atoms with E-state index < -0.39 is 59.9 Å². The van der Waals surface area contributed by atoms with Gasteiger partial charge in [-0.25, -0.2) is 14.0 Å². The topological polar surface area (TPSA) is 164 Å². The smallest absolute Gasteiger partial charge is 0.412 e. The van der Waals surface area contributed by atoms with Crippen molar-refractivity contribution in [3.05, 3.63) is 22.5 Å². The van der Waals surface area contributed by atoms with Gasteiger partial charge < -0.3 is 24.3 Å². The van der Waals surface area contributed by atoms with Crippen LogP contribution in [0.25, 0.3) is 0 Å². The Kier molecular flexibility index (Phi) is 25.7. The number of unbranched alkanes of at least 4 members (excludes halogenated alkanes) is 18. The third-order valence-corrected chi connectivity index (χ3v) is 9.98. The summed E-state index contributed by atoms with van der Waals surface area (Å²) in [4.78, 5) is 67.6. The number of carbonyl (C=O) groups excluding carboxylic acids is 4. The number of anilines is 1. The molecule has 56 heavy (non-hydrogen) atoms. The zero-order valence-corrected chi connectivity index (χ0v) is 34.7. The molecule has 0 spiro atoms. The van der Waals surface area contributed by atoms with E-state index in [4.69, 9.17) is 18.9 Å². The van der Waals surface area contributed by atoms with Crippen molar-refractivity contribution in [1.82, 2.24) is 14.9 Å². The van der Waals surface area contributed by atoms with Crippen molar-refractivity contribution in [2.45, 2.75) is 206 Å². The molecule has 1 aromatic rings. The zero-order valence-electron chi connectivity index (χ0n) is 34.7. The minimum absolute atomic E-state index is 0.0248. The van der Waals surface area contributed by atoms with Crippen LogP contribution in [0, 0.1) is 5.82 Å². The van der Waals surface area contributed by atoms with E-state index in [0.717, 1.165) is 62.1 Å². The average Bonchev–Trinajstić information content (AvgIpc) is 3.46. The SMILES string of the molecule is CCCCCCCCCCCC(=O)NCCC(=O)O[C@@H]1[C@H](OC(=O)CCCCCCCCCCC)[C@@H](C)O[C@H]1n1cc(F)c(NC(=O)OCCCCC)nc1=O. The molecule has 0 aromatic carbocycles. The van der Waals surface area contributed by atoms with E-state index in [1.165, 1.54) is 70.6 Å². The zero-order chi connectivity index (χ0) is 41.0. The number of aromatic nitrogens is 2. The van der Waals surface area contributed by atoms with Gasteiger partial charge in [0.05, 0.1) is 25.3 Å². The van der Waals surface area contributed by atoms with Gasteiger partial charge in [-0.05, 0) is 26.2 Å². The molecule has 1 saturated heterocycles. The van der Waals surface area contributed by atoms with Crippen molar-refractivity contribution < 1.29 is 42.5 Å². The second-order valence-electron chi connectivity index (χ2n) is 15.0. The van der Waals surface area contributed by atoms with Gasteiger partial charge in [-0.1, -0.05) is 136 Å². The number of hydrogen-bond acceptors (Lipinski definition) is 10. The van der Waals surface area contributed by atoms with Gasteiger partial charge in [-0.15, -0.1) is 0 Å². The van der Waals surface area contributed by atoms with E-state index in [0.29, 0.717) is 19.3 Å². The van der Waals surface area contributed by atoms with Crippen LogP contribution in [0.3, 0.4) is 0 Å². The Hall–Kier alpha value is -3.55. The minimum Gasteiger partial charge on any atom is -0.455 e. The maximum absolute atomic E-state index is 15.3. The number of carbonyl (C=O) groups is 4. The van der Waals surface area contributed by atoms with E-state index in [-0.39, 0.29) is 31.9 Å². The normalized spacial score (nSPS) is 17.7. The van der Waals surface area contributed by atoms with Gasteiger partial charge in [0.2, 0.25) is 5.91 Å². The highest BCUT2D eigenvalue weighted by molar-refractivity contribution is 5.83. The predicted octanol–water partition coefficient (Wildman–Crippen LogP) is 9.21. The van der Waals surface area contributed by atoms with Gasteiger partial charge >= 0.3 is 23.7 Å². The number of hydrogen-bond donors (Lipinski definition) is 2. The molecule has 2 heterocycles. The summed E-state index contributed by atoms with van der Waals surface area (Å²) in [5.41, 5.74) is -1.00. The minimum atomic E-state index is -1.40. The summed E-state index contributed by atoms with van der Waals surface area (Å²) >= 11 is 0. The van der Waals surface area contributed by atoms with Crippen molar-refractivity contribution in [3.8, 4) is 0 Å². The molecule has 13 nitrogen and oxygen atoms in total. The van der Waals surface area contributed by atoms with Crippen LogP contribution in [0.2, 0.25) is 0 Å². The summed E-state index contributed by atoms with van der Waals surface area (Å²) in [5.74, 6) is -3.09. The molecule has 0 saturated carbocycles. The van der Waals surface area contributed by atoms with Crippen LogP contribution in [0.4, 0.5) is 15.0 Å². The number of amides is 2. The Morgan fingerprint density at radius 1 is 0.714 bits per heavy atom. The Balaban J connectivity index is 2.01. The predicted molar refractivity (Wildman–Crippen MR) is 214 cm³/mol. The molecule has 0 bridgehead atoms. The highest BCUT2D eigenvalue weighted by atomic mass is 19.1. The molecule has 1 aliphatic heterocycles. The summed E-state index contributed by atoms with van der Waals surface area (Å²) in [6.45, 7) is 8.14. The highest BCUT2D eigenvalue weighted by Crippen LogP contribution is 2.34. The molecule has 320 valence electrons. The van der Waals surface area contributed by atoms with Crippen LogP contribution in [-0.4, -0.2) is 65.0 Å². The Bertz CT molecular complexity index is 1340. The Morgan fingerprint density at radius 3 is 1.80 bits per heavy atom. The third-order valence-electron chi connectivity index (χ3n) is 9.98. The van der Waals surface area contributed by atoms with Crippen molar-refractivity contribution >= 4 is 29.8 Å². The molecule has 1 aromatic heterocycles. The summed E-state index contributed by atoms with van der Waals surface area (Å²) in [7, 11) is 0. The first-order valence-corrected chi connectivity index (χ1v) is 21.6. The van der Waals surface area contributed by atoms with Crippen molar-refractivity contribution in [3.63, 3.8) is 0 Å². The molecule has 0 radical (unpaired) electrons. The van der Waals surface area contributed by atoms with Crippen molar-refractivity contribution in [1.29, 1.82) is 0 Å². The quantitative estimate of drug-likeness (QED) is 0.0421. The van der Waals surface area contributed by atoms with Crippen LogP contribution in [0.1, 0.15) is 188 Å². The summed E-state index contributed by atoms with van der Waals surface area (Å²) < 4.78 is 38.6. The number of nitrogens with zero attached hydrogens (tertiary/aromatic N) is 2. The number of ether oxygens (including phenoxy) is 4. The number of nitrogens with one attached hydrogen (secondary N) is 2. The van der Waals surface area contributed by atoms with Gasteiger partial charge in [0.1, 0.15) is 0 Å². The average molecular weight is 795 g/mol. The van der Waals surface area contributed by atoms with Gasteiger partial charge in [0.15, 0.2) is 30.1 Å². The monoisotopic (exact) mass is 795 g/mol. The number of rotatable bonds is 31. The van der Waals surface area contributed by atoms with Crippen LogP contribution in [0.5, 0.6) is 0 Å². The molecule has 2 amide bonds. The lowest BCUT2D eigenvalue weighted by molar-refractivity contribution is -0.168. The van der Waals surface area contributed by atoms with Crippen LogP contribution >= 0.6 is 0 Å². The van der Waals surface area contributed by atoms with Gasteiger partial charge in [-0.2, -0.15) is 4.98 Å². The first-order chi connectivity index (χ1) is 27.1. The standard InChI is InChI=1S/C42H71FN4O9/c1-5-8-11-13-15-17-19-21-23-26-34(48)44-29-28-36(50)56-38-37(55-35(49)27-24-22-20-18-16-14-12-9-6-2)32(4)54-40(38)47-31-33(43)39(45-41(47)51)46-42(52)53-30-25-10-7-3/h31-32,37-38,40H,5-30H2,1-4H3,(H,44,48)(H,45,46,51,52)/t32-,37-,38-,40-/m1/s1. The highest BCUT2D eigenvalue weighted by Gasteiger charge is 2.49. The largest absolute Gasteiger partial charge is 0.455 e. The van der Waals surface area contributed by atoms with E-state index in [2.05, 4.69) is 29.5 Å². The molecule has 1 aliphatic rings. The summed E-state index contributed by atoms with van der Waals surface area (Å²) in [6.07, 6.45) is 17.9. The second-order valence-corrected chi connectivity index (χ2v) is 15.0. The Morgan fingerprint density at radius 2 is 1.21 bits per heavy atom. The van der Waals surface area contributed by atoms with Crippen molar-refractivity contribution in [2.75, 3.05) is 18.5 Å². The second kappa shape index (κ2) is 29.7. The van der Waals surface area contributed by atoms with Crippen LogP contribution < -0.4 is 16.3 Å². The van der Waals surface area contributed by atoms with E-state index in [1.54, 1.807) is 6.92 Å². The number of esters is 2. The fraction of sp³-hybridized carbons (Fsp3) is 0.810. The molecule has 14 heteroatoms. The number of halogens is 1. The summed E-state index contributed by atoms with van der Waals surface area (Å²) in [6, 6.07) is 0. The molecule has 4 atom stereocenters. The molecular weight excluding hydrogens is 723 g/mol. The van der Waals surface area contributed by atoms with Crippen LogP contribution in [-0.2, 0) is 33.3 Å². The molecule has 2 rings (SSSR count). The third kappa shape index (κ3) is 20.0. The summed E-state index contributed by atoms with van der Waals surface area (Å²) in [5, 5.41) is 4.90. The van der Waals surface area contributed by atoms with E-state index >= 15 is 4.39 Å². The van der Waals surface area contributed by atoms with Gasteiger partial charge in [0, 0.05) is 19.4 Å².